The zero-order valence-electron chi connectivity index (χ0n) is 10.8. The molecule has 2 aromatic carbocycles. The predicted octanol–water partition coefficient (Wildman–Crippen LogP) is 4.29. The van der Waals surface area contributed by atoms with Gasteiger partial charge in [0.15, 0.2) is 0 Å². The summed E-state index contributed by atoms with van der Waals surface area (Å²) in [6, 6.07) is 21.4. The van der Waals surface area contributed by atoms with Crippen LogP contribution < -0.4 is 0 Å². The molecule has 0 aliphatic carbocycles. The molecule has 2 aromatic rings. The minimum absolute atomic E-state index is 0.102. The van der Waals surface area contributed by atoms with E-state index in [4.69, 9.17) is 10.5 Å². The third-order valence-corrected chi connectivity index (χ3v) is 2.79. The minimum atomic E-state index is 0.102. The largest absolute Gasteiger partial charge is 0.192 e. The van der Waals surface area contributed by atoms with E-state index in [9.17, 15) is 0 Å². The lowest BCUT2D eigenvalue weighted by atomic mass is 10.0. The maximum absolute atomic E-state index is 8.83. The Labute approximate surface area is 118 Å². The van der Waals surface area contributed by atoms with Crippen molar-refractivity contribution in [2.45, 2.75) is 0 Å². The van der Waals surface area contributed by atoms with Gasteiger partial charge in [0.1, 0.15) is 17.7 Å². The molecule has 0 saturated carbocycles. The van der Waals surface area contributed by atoms with Crippen LogP contribution in [-0.4, -0.2) is 0 Å². The van der Waals surface area contributed by atoms with Crippen molar-refractivity contribution in [2.24, 2.45) is 0 Å². The predicted molar refractivity (Wildman–Crippen MR) is 81.0 cm³/mol. The first-order valence-corrected chi connectivity index (χ1v) is 6.17. The molecule has 0 atom stereocenters. The van der Waals surface area contributed by atoms with Crippen molar-refractivity contribution in [1.82, 2.24) is 0 Å². The maximum atomic E-state index is 8.83. The fourth-order valence-electron chi connectivity index (χ4n) is 1.79. The van der Waals surface area contributed by atoms with E-state index >= 15 is 0 Å². The van der Waals surface area contributed by atoms with Crippen molar-refractivity contribution in [2.75, 3.05) is 0 Å². The summed E-state index contributed by atoms with van der Waals surface area (Å²) in [6.45, 7) is 0. The van der Waals surface area contributed by atoms with Crippen LogP contribution in [-0.2, 0) is 0 Å². The van der Waals surface area contributed by atoms with Crippen molar-refractivity contribution < 1.29 is 0 Å². The van der Waals surface area contributed by atoms with Gasteiger partial charge in [-0.25, -0.2) is 0 Å². The van der Waals surface area contributed by atoms with Gasteiger partial charge in [0, 0.05) is 0 Å². The molecular weight excluding hydrogens is 244 g/mol. The normalized spacial score (nSPS) is 9.70. The Kier molecular flexibility index (Phi) is 4.49. The highest BCUT2D eigenvalue weighted by atomic mass is 14.3. The van der Waals surface area contributed by atoms with Gasteiger partial charge in [0.05, 0.1) is 0 Å². The molecule has 0 unspecified atom stereocenters. The monoisotopic (exact) mass is 256 g/mol. The van der Waals surface area contributed by atoms with Gasteiger partial charge in [-0.15, -0.1) is 0 Å². The summed E-state index contributed by atoms with van der Waals surface area (Å²) in [5.74, 6) is 0. The Hall–Kier alpha value is -3.10. The molecule has 0 saturated heterocycles. The third kappa shape index (κ3) is 3.45. The zero-order chi connectivity index (χ0) is 14.2. The van der Waals surface area contributed by atoms with Gasteiger partial charge in [0.2, 0.25) is 0 Å². The summed E-state index contributed by atoms with van der Waals surface area (Å²) in [5.41, 5.74) is 3.04. The van der Waals surface area contributed by atoms with Crippen LogP contribution in [0.1, 0.15) is 16.7 Å². The van der Waals surface area contributed by atoms with Gasteiger partial charge in [-0.05, 0) is 22.8 Å². The standard InChI is InChI=1S/C18H12N2/c19-13-16(14-20)12-18-9-5-4-8-17(18)11-10-15-6-2-1-3-7-15/h1-12H. The van der Waals surface area contributed by atoms with E-state index in [1.807, 2.05) is 78.9 Å². The van der Waals surface area contributed by atoms with E-state index in [1.165, 1.54) is 0 Å². The van der Waals surface area contributed by atoms with Gasteiger partial charge in [-0.3, -0.25) is 0 Å². The average Bonchev–Trinajstić information content (AvgIpc) is 2.52. The number of hydrogen-bond donors (Lipinski definition) is 0. The van der Waals surface area contributed by atoms with E-state index in [1.54, 1.807) is 6.08 Å². The van der Waals surface area contributed by atoms with E-state index < -0.39 is 0 Å². The van der Waals surface area contributed by atoms with Crippen LogP contribution in [0, 0.1) is 22.7 Å². The molecule has 0 bridgehead atoms. The lowest BCUT2D eigenvalue weighted by Crippen LogP contribution is -1.82. The van der Waals surface area contributed by atoms with Gasteiger partial charge in [-0.2, -0.15) is 10.5 Å². The highest BCUT2D eigenvalue weighted by Crippen LogP contribution is 2.16. The Balaban J connectivity index is 2.35. The molecule has 2 nitrogen and oxygen atoms in total. The second-order valence-electron chi connectivity index (χ2n) is 4.15. The summed E-state index contributed by atoms with van der Waals surface area (Å²) in [6.07, 6.45) is 5.59. The summed E-state index contributed by atoms with van der Waals surface area (Å²) in [5, 5.41) is 17.7. The first kappa shape index (κ1) is 13.3. The SMILES string of the molecule is N#CC(C#N)=Cc1ccccc1C=Cc1ccccc1. The number of nitrogens with zero attached hydrogens (tertiary/aromatic N) is 2. The van der Waals surface area contributed by atoms with E-state index in [2.05, 4.69) is 0 Å². The second-order valence-corrected chi connectivity index (χ2v) is 4.15. The van der Waals surface area contributed by atoms with E-state index in [0.29, 0.717) is 0 Å². The van der Waals surface area contributed by atoms with Crippen LogP contribution in [0.15, 0.2) is 60.2 Å². The molecular formula is C18H12N2. The fraction of sp³-hybridized carbons (Fsp3) is 0. The molecule has 0 aromatic heterocycles. The van der Waals surface area contributed by atoms with Gasteiger partial charge < -0.3 is 0 Å². The summed E-state index contributed by atoms with van der Waals surface area (Å²) in [7, 11) is 0. The van der Waals surface area contributed by atoms with Crippen LogP contribution in [0.2, 0.25) is 0 Å². The summed E-state index contributed by atoms with van der Waals surface area (Å²) < 4.78 is 0. The molecule has 0 aliphatic heterocycles. The van der Waals surface area contributed by atoms with Crippen molar-refractivity contribution in [1.29, 1.82) is 10.5 Å². The van der Waals surface area contributed by atoms with Crippen LogP contribution in [0.25, 0.3) is 18.2 Å². The Morgan fingerprint density at radius 2 is 1.35 bits per heavy atom. The number of nitriles is 2. The van der Waals surface area contributed by atoms with Crippen molar-refractivity contribution >= 4 is 18.2 Å². The Morgan fingerprint density at radius 1 is 0.750 bits per heavy atom. The Morgan fingerprint density at radius 3 is 2.00 bits per heavy atom. The first-order valence-electron chi connectivity index (χ1n) is 6.17. The maximum Gasteiger partial charge on any atom is 0.130 e. The molecule has 0 spiro atoms. The second kappa shape index (κ2) is 6.73. The summed E-state index contributed by atoms with van der Waals surface area (Å²) >= 11 is 0. The number of hydrogen-bond acceptors (Lipinski definition) is 2. The number of benzene rings is 2. The molecule has 0 N–H and O–H groups in total. The van der Waals surface area contributed by atoms with Gasteiger partial charge >= 0.3 is 0 Å². The minimum Gasteiger partial charge on any atom is -0.192 e. The van der Waals surface area contributed by atoms with E-state index in [-0.39, 0.29) is 5.57 Å². The molecule has 0 aliphatic rings. The molecule has 0 fully saturated rings. The van der Waals surface area contributed by atoms with Crippen molar-refractivity contribution in [3.8, 4) is 12.1 Å². The molecule has 94 valence electrons. The van der Waals surface area contributed by atoms with Gasteiger partial charge in [-0.1, -0.05) is 66.7 Å². The quantitative estimate of drug-likeness (QED) is 0.607. The van der Waals surface area contributed by atoms with Crippen LogP contribution in [0.3, 0.4) is 0 Å². The van der Waals surface area contributed by atoms with Crippen LogP contribution in [0.4, 0.5) is 0 Å². The van der Waals surface area contributed by atoms with Gasteiger partial charge in [0.25, 0.3) is 0 Å². The first-order chi connectivity index (χ1) is 9.83. The van der Waals surface area contributed by atoms with Crippen molar-refractivity contribution in [3.63, 3.8) is 0 Å². The molecule has 20 heavy (non-hydrogen) atoms. The molecule has 0 heterocycles. The fourth-order valence-corrected chi connectivity index (χ4v) is 1.79. The zero-order valence-corrected chi connectivity index (χ0v) is 10.8. The molecule has 2 heteroatoms. The number of rotatable bonds is 3. The van der Waals surface area contributed by atoms with Crippen LogP contribution in [0.5, 0.6) is 0 Å². The molecule has 0 amide bonds. The van der Waals surface area contributed by atoms with E-state index in [0.717, 1.165) is 16.7 Å². The number of allylic oxidation sites excluding steroid dienone is 1. The molecule has 0 radical (unpaired) electrons. The topological polar surface area (TPSA) is 47.6 Å². The average molecular weight is 256 g/mol. The summed E-state index contributed by atoms with van der Waals surface area (Å²) in [4.78, 5) is 0. The highest BCUT2D eigenvalue weighted by Gasteiger charge is 1.98. The van der Waals surface area contributed by atoms with Crippen LogP contribution >= 0.6 is 0 Å². The third-order valence-electron chi connectivity index (χ3n) is 2.79. The highest BCUT2D eigenvalue weighted by molar-refractivity contribution is 5.77. The smallest absolute Gasteiger partial charge is 0.130 e. The lowest BCUT2D eigenvalue weighted by molar-refractivity contribution is 1.47. The molecule has 2 rings (SSSR count). The Bertz CT molecular complexity index is 710. The lowest BCUT2D eigenvalue weighted by Gasteiger charge is -2.00. The van der Waals surface area contributed by atoms with Crippen molar-refractivity contribution in [3.05, 3.63) is 76.9 Å².